The van der Waals surface area contributed by atoms with Crippen molar-refractivity contribution in [3.05, 3.63) is 36.0 Å². The Kier molecular flexibility index (Phi) is 4.97. The quantitative estimate of drug-likeness (QED) is 0.656. The van der Waals surface area contributed by atoms with Crippen molar-refractivity contribution in [1.82, 2.24) is 14.8 Å². The summed E-state index contributed by atoms with van der Waals surface area (Å²) < 4.78 is 4.80. The predicted octanol–water partition coefficient (Wildman–Crippen LogP) is 1.79. The Hall–Kier alpha value is -2.83. The largest absolute Gasteiger partial charge is 0.459 e. The number of aromatic amines is 1. The number of para-hydroxylation sites is 1. The van der Waals surface area contributed by atoms with Crippen molar-refractivity contribution in [2.45, 2.75) is 32.9 Å². The number of hydrogen-bond acceptors (Lipinski definition) is 4. The molecular formula is C19H23N3O4. The summed E-state index contributed by atoms with van der Waals surface area (Å²) in [5, 5.41) is 0.979. The standard InChI is InChI=1S/C19H23N3O4/c1-4-26-19(25)18(24)22-11-12(2)21(10-13(22)3)17(23)16-9-14-7-5-6-8-15(14)20-16/h5-9,12-13,20H,4,10-11H2,1-3H3/t12-,13+/m1/s1. The SMILES string of the molecule is CCOC(=O)C(=O)N1C[C@@H](C)N(C(=O)c2cc3ccccc3[nH]2)C[C@@H]1C. The Morgan fingerprint density at radius 2 is 1.77 bits per heavy atom. The predicted molar refractivity (Wildman–Crippen MR) is 96.6 cm³/mol. The van der Waals surface area contributed by atoms with Crippen LogP contribution in [0, 0.1) is 0 Å². The first-order chi connectivity index (χ1) is 12.4. The molecule has 2 amide bonds. The molecule has 2 aromatic rings. The summed E-state index contributed by atoms with van der Waals surface area (Å²) in [6.07, 6.45) is 0. The molecule has 1 saturated heterocycles. The molecule has 0 unspecified atom stereocenters. The van der Waals surface area contributed by atoms with Gasteiger partial charge in [0.2, 0.25) is 0 Å². The lowest BCUT2D eigenvalue weighted by atomic mass is 10.1. The minimum atomic E-state index is -0.845. The normalized spacial score (nSPS) is 20.3. The summed E-state index contributed by atoms with van der Waals surface area (Å²) in [6.45, 7) is 6.18. The van der Waals surface area contributed by atoms with Gasteiger partial charge in [-0.25, -0.2) is 4.79 Å². The first-order valence-electron chi connectivity index (χ1n) is 8.78. The van der Waals surface area contributed by atoms with Crippen LogP contribution in [0.4, 0.5) is 0 Å². The zero-order valence-electron chi connectivity index (χ0n) is 15.2. The van der Waals surface area contributed by atoms with E-state index in [1.165, 1.54) is 4.90 Å². The summed E-state index contributed by atoms with van der Waals surface area (Å²) >= 11 is 0. The lowest BCUT2D eigenvalue weighted by Crippen LogP contribution is -2.60. The summed E-state index contributed by atoms with van der Waals surface area (Å²) in [7, 11) is 0. The van der Waals surface area contributed by atoms with E-state index in [0.717, 1.165) is 10.9 Å². The number of H-pyrrole nitrogens is 1. The molecule has 0 aliphatic carbocycles. The molecule has 1 aliphatic rings. The second kappa shape index (κ2) is 7.19. The van der Waals surface area contributed by atoms with Gasteiger partial charge >= 0.3 is 11.9 Å². The fourth-order valence-electron chi connectivity index (χ4n) is 3.35. The molecule has 0 radical (unpaired) electrons. The van der Waals surface area contributed by atoms with Crippen LogP contribution in [0.3, 0.4) is 0 Å². The van der Waals surface area contributed by atoms with Gasteiger partial charge in [-0.15, -0.1) is 0 Å². The van der Waals surface area contributed by atoms with E-state index in [-0.39, 0.29) is 24.6 Å². The third-order valence-electron chi connectivity index (χ3n) is 4.72. The van der Waals surface area contributed by atoms with Crippen LogP contribution in [0.5, 0.6) is 0 Å². The number of rotatable bonds is 2. The molecule has 1 N–H and O–H groups in total. The van der Waals surface area contributed by atoms with E-state index >= 15 is 0 Å². The highest BCUT2D eigenvalue weighted by Gasteiger charge is 2.37. The zero-order valence-corrected chi connectivity index (χ0v) is 15.2. The number of ether oxygens (including phenoxy) is 1. The number of aromatic nitrogens is 1. The van der Waals surface area contributed by atoms with Crippen molar-refractivity contribution in [3.8, 4) is 0 Å². The third-order valence-corrected chi connectivity index (χ3v) is 4.72. The maximum atomic E-state index is 12.9. The van der Waals surface area contributed by atoms with Crippen LogP contribution in [-0.2, 0) is 14.3 Å². The molecule has 26 heavy (non-hydrogen) atoms. The molecular weight excluding hydrogens is 334 g/mol. The van der Waals surface area contributed by atoms with Crippen molar-refractivity contribution in [1.29, 1.82) is 0 Å². The number of piperazine rings is 1. The Morgan fingerprint density at radius 1 is 1.12 bits per heavy atom. The van der Waals surface area contributed by atoms with E-state index in [0.29, 0.717) is 18.8 Å². The van der Waals surface area contributed by atoms with E-state index in [1.54, 1.807) is 11.8 Å². The van der Waals surface area contributed by atoms with Crippen LogP contribution in [0.2, 0.25) is 0 Å². The second-order valence-electron chi connectivity index (χ2n) is 6.60. The highest BCUT2D eigenvalue weighted by molar-refractivity contribution is 6.32. The molecule has 1 aliphatic heterocycles. The number of carbonyl (C=O) groups excluding carboxylic acids is 3. The van der Waals surface area contributed by atoms with Gasteiger partial charge in [-0.3, -0.25) is 9.59 Å². The zero-order chi connectivity index (χ0) is 18.8. The first kappa shape index (κ1) is 18.0. The van der Waals surface area contributed by atoms with Gasteiger partial charge in [-0.1, -0.05) is 18.2 Å². The topological polar surface area (TPSA) is 82.7 Å². The molecule has 3 rings (SSSR count). The molecule has 7 heteroatoms. The Morgan fingerprint density at radius 3 is 2.46 bits per heavy atom. The number of amides is 2. The number of fused-ring (bicyclic) bond motifs is 1. The van der Waals surface area contributed by atoms with Gasteiger partial charge in [0.05, 0.1) is 6.61 Å². The average Bonchev–Trinajstić information content (AvgIpc) is 3.06. The van der Waals surface area contributed by atoms with Crippen LogP contribution in [-0.4, -0.2) is 64.3 Å². The third kappa shape index (κ3) is 3.29. The summed E-state index contributed by atoms with van der Waals surface area (Å²) in [4.78, 5) is 43.3. The Balaban J connectivity index is 1.75. The minimum Gasteiger partial charge on any atom is -0.459 e. The molecule has 1 fully saturated rings. The van der Waals surface area contributed by atoms with Gasteiger partial charge in [0.1, 0.15) is 5.69 Å². The smallest absolute Gasteiger partial charge is 0.397 e. The monoisotopic (exact) mass is 357 g/mol. The summed E-state index contributed by atoms with van der Waals surface area (Å²) in [5.74, 6) is -1.60. The van der Waals surface area contributed by atoms with E-state index in [1.807, 2.05) is 44.2 Å². The molecule has 0 bridgehead atoms. The molecule has 0 spiro atoms. The molecule has 7 nitrogen and oxygen atoms in total. The van der Waals surface area contributed by atoms with Crippen molar-refractivity contribution < 1.29 is 19.1 Å². The lowest BCUT2D eigenvalue weighted by molar-refractivity contribution is -0.162. The number of esters is 1. The number of nitrogens with one attached hydrogen (secondary N) is 1. The van der Waals surface area contributed by atoms with Crippen LogP contribution in [0.1, 0.15) is 31.3 Å². The van der Waals surface area contributed by atoms with Crippen LogP contribution >= 0.6 is 0 Å². The fourth-order valence-corrected chi connectivity index (χ4v) is 3.35. The van der Waals surface area contributed by atoms with E-state index in [2.05, 4.69) is 4.98 Å². The summed E-state index contributed by atoms with van der Waals surface area (Å²) in [5.41, 5.74) is 1.43. The molecule has 2 atom stereocenters. The van der Waals surface area contributed by atoms with Gasteiger partial charge in [0, 0.05) is 36.1 Å². The van der Waals surface area contributed by atoms with E-state index < -0.39 is 11.9 Å². The molecule has 1 aromatic carbocycles. The van der Waals surface area contributed by atoms with E-state index in [9.17, 15) is 14.4 Å². The summed E-state index contributed by atoms with van der Waals surface area (Å²) in [6, 6.07) is 9.08. The molecule has 2 heterocycles. The van der Waals surface area contributed by atoms with Crippen molar-refractivity contribution in [2.24, 2.45) is 0 Å². The fraction of sp³-hybridized carbons (Fsp3) is 0.421. The van der Waals surface area contributed by atoms with Crippen molar-refractivity contribution in [2.75, 3.05) is 19.7 Å². The van der Waals surface area contributed by atoms with Gasteiger partial charge in [-0.05, 0) is 32.9 Å². The molecule has 0 saturated carbocycles. The second-order valence-corrected chi connectivity index (χ2v) is 6.60. The number of nitrogens with zero attached hydrogens (tertiary/aromatic N) is 2. The Labute approximate surface area is 151 Å². The van der Waals surface area contributed by atoms with Gasteiger partial charge in [-0.2, -0.15) is 0 Å². The van der Waals surface area contributed by atoms with Crippen molar-refractivity contribution in [3.63, 3.8) is 0 Å². The highest BCUT2D eigenvalue weighted by atomic mass is 16.5. The molecule has 138 valence electrons. The number of carbonyl (C=O) groups is 3. The van der Waals surface area contributed by atoms with Gasteiger partial charge < -0.3 is 19.5 Å². The first-order valence-corrected chi connectivity index (χ1v) is 8.78. The molecule has 1 aromatic heterocycles. The van der Waals surface area contributed by atoms with E-state index in [4.69, 9.17) is 4.74 Å². The number of benzene rings is 1. The average molecular weight is 357 g/mol. The Bertz CT molecular complexity index is 811. The van der Waals surface area contributed by atoms with Crippen LogP contribution < -0.4 is 0 Å². The maximum absolute atomic E-state index is 12.9. The lowest BCUT2D eigenvalue weighted by Gasteiger charge is -2.43. The van der Waals surface area contributed by atoms with Gasteiger partial charge in [0.15, 0.2) is 0 Å². The van der Waals surface area contributed by atoms with Crippen LogP contribution in [0.15, 0.2) is 30.3 Å². The highest BCUT2D eigenvalue weighted by Crippen LogP contribution is 2.21. The maximum Gasteiger partial charge on any atom is 0.397 e. The van der Waals surface area contributed by atoms with Crippen molar-refractivity contribution >= 4 is 28.7 Å². The minimum absolute atomic E-state index is 0.108. The van der Waals surface area contributed by atoms with Crippen LogP contribution in [0.25, 0.3) is 10.9 Å². The van der Waals surface area contributed by atoms with Gasteiger partial charge in [0.25, 0.3) is 5.91 Å². The number of hydrogen-bond donors (Lipinski definition) is 1.